The maximum atomic E-state index is 12.3. The predicted molar refractivity (Wildman–Crippen MR) is 79.3 cm³/mol. The molecule has 20 heavy (non-hydrogen) atoms. The highest BCUT2D eigenvalue weighted by atomic mass is 16.5. The number of aryl methyl sites for hydroxylation is 1. The number of carbonyl (C=O) groups is 1. The van der Waals surface area contributed by atoms with Gasteiger partial charge in [-0.1, -0.05) is 29.8 Å². The molecule has 1 aliphatic rings. The van der Waals surface area contributed by atoms with E-state index in [0.717, 1.165) is 25.1 Å². The van der Waals surface area contributed by atoms with E-state index in [2.05, 4.69) is 30.4 Å². The molecule has 2 atom stereocenters. The van der Waals surface area contributed by atoms with Crippen molar-refractivity contribution in [3.05, 3.63) is 35.4 Å². The van der Waals surface area contributed by atoms with E-state index in [-0.39, 0.29) is 18.1 Å². The minimum absolute atomic E-state index is 0.0148. The lowest BCUT2D eigenvalue weighted by atomic mass is 10.1. The van der Waals surface area contributed by atoms with E-state index < -0.39 is 0 Å². The van der Waals surface area contributed by atoms with Gasteiger partial charge in [0.2, 0.25) is 5.91 Å². The summed E-state index contributed by atoms with van der Waals surface area (Å²) < 4.78 is 5.36. The number of hydrogen-bond donors (Lipinski definition) is 1. The van der Waals surface area contributed by atoms with Crippen molar-refractivity contribution in [2.75, 3.05) is 19.8 Å². The van der Waals surface area contributed by atoms with Crippen LogP contribution in [0.4, 0.5) is 0 Å². The highest BCUT2D eigenvalue weighted by Gasteiger charge is 2.36. The Morgan fingerprint density at radius 3 is 2.90 bits per heavy atom. The zero-order valence-corrected chi connectivity index (χ0v) is 12.6. The van der Waals surface area contributed by atoms with Crippen LogP contribution in [-0.4, -0.2) is 36.6 Å². The first-order valence-electron chi connectivity index (χ1n) is 7.34. The summed E-state index contributed by atoms with van der Waals surface area (Å²) in [6, 6.07) is 8.21. The van der Waals surface area contributed by atoms with Gasteiger partial charge in [-0.25, -0.2) is 0 Å². The van der Waals surface area contributed by atoms with Crippen LogP contribution >= 0.6 is 0 Å². The molecule has 0 spiro atoms. The van der Waals surface area contributed by atoms with Gasteiger partial charge in [0, 0.05) is 19.8 Å². The SMILES string of the molecule is CCOCCCN1C(=O)C(C)NC1c1cccc(C)c1. The standard InChI is InChI=1S/C16H24N2O2/c1-4-20-10-6-9-18-15(17-13(3)16(18)19)14-8-5-7-12(2)11-14/h5,7-8,11,13,15,17H,4,6,9-10H2,1-3H3. The van der Waals surface area contributed by atoms with Gasteiger partial charge in [0.05, 0.1) is 6.04 Å². The lowest BCUT2D eigenvalue weighted by molar-refractivity contribution is -0.130. The molecular formula is C16H24N2O2. The Bertz CT molecular complexity index is 462. The molecule has 4 nitrogen and oxygen atoms in total. The molecule has 0 aliphatic carbocycles. The molecule has 1 amide bonds. The van der Waals surface area contributed by atoms with E-state index in [1.807, 2.05) is 24.8 Å². The van der Waals surface area contributed by atoms with Crippen LogP contribution in [0.3, 0.4) is 0 Å². The molecule has 0 aromatic heterocycles. The van der Waals surface area contributed by atoms with Crippen molar-refractivity contribution >= 4 is 5.91 Å². The summed E-state index contributed by atoms with van der Waals surface area (Å²) in [5.74, 6) is 0.174. The van der Waals surface area contributed by atoms with Crippen molar-refractivity contribution in [3.63, 3.8) is 0 Å². The molecule has 110 valence electrons. The monoisotopic (exact) mass is 276 g/mol. The second kappa shape index (κ2) is 6.86. The van der Waals surface area contributed by atoms with Crippen LogP contribution in [-0.2, 0) is 9.53 Å². The van der Waals surface area contributed by atoms with Crippen molar-refractivity contribution in [3.8, 4) is 0 Å². The zero-order valence-electron chi connectivity index (χ0n) is 12.6. The smallest absolute Gasteiger partial charge is 0.241 e. The first kappa shape index (κ1) is 15.0. The normalized spacial score (nSPS) is 22.6. The highest BCUT2D eigenvalue weighted by molar-refractivity contribution is 5.84. The quantitative estimate of drug-likeness (QED) is 0.810. The topological polar surface area (TPSA) is 41.6 Å². The molecule has 0 radical (unpaired) electrons. The van der Waals surface area contributed by atoms with Crippen LogP contribution in [0.5, 0.6) is 0 Å². The van der Waals surface area contributed by atoms with Gasteiger partial charge in [-0.05, 0) is 32.8 Å². The average Bonchev–Trinajstić information content (AvgIpc) is 2.71. The molecule has 1 N–H and O–H groups in total. The fourth-order valence-corrected chi connectivity index (χ4v) is 2.61. The van der Waals surface area contributed by atoms with E-state index in [1.165, 1.54) is 5.56 Å². The number of rotatable bonds is 6. The predicted octanol–water partition coefficient (Wildman–Crippen LogP) is 2.24. The van der Waals surface area contributed by atoms with Gasteiger partial charge >= 0.3 is 0 Å². The molecule has 2 unspecified atom stereocenters. The van der Waals surface area contributed by atoms with Crippen molar-refractivity contribution in [2.24, 2.45) is 0 Å². The molecule has 1 saturated heterocycles. The Kier molecular flexibility index (Phi) is 5.15. The van der Waals surface area contributed by atoms with Crippen LogP contribution in [0, 0.1) is 6.92 Å². The first-order valence-corrected chi connectivity index (χ1v) is 7.34. The zero-order chi connectivity index (χ0) is 14.5. The van der Waals surface area contributed by atoms with Gasteiger partial charge in [0.1, 0.15) is 6.17 Å². The number of carbonyl (C=O) groups excluding carboxylic acids is 1. The Labute approximate surface area is 121 Å². The van der Waals surface area contributed by atoms with E-state index in [0.29, 0.717) is 6.61 Å². The molecule has 0 bridgehead atoms. The summed E-state index contributed by atoms with van der Waals surface area (Å²) in [5.41, 5.74) is 2.37. The third-order valence-electron chi connectivity index (χ3n) is 3.62. The van der Waals surface area contributed by atoms with Crippen LogP contribution in [0.25, 0.3) is 0 Å². The van der Waals surface area contributed by atoms with Gasteiger partial charge in [0.25, 0.3) is 0 Å². The van der Waals surface area contributed by atoms with Gasteiger partial charge in [0.15, 0.2) is 0 Å². The molecule has 1 heterocycles. The number of nitrogens with zero attached hydrogens (tertiary/aromatic N) is 1. The lowest BCUT2D eigenvalue weighted by Crippen LogP contribution is -2.32. The van der Waals surface area contributed by atoms with E-state index in [9.17, 15) is 4.79 Å². The lowest BCUT2D eigenvalue weighted by Gasteiger charge is -2.24. The summed E-state index contributed by atoms with van der Waals surface area (Å²) in [6.07, 6.45) is 0.857. The summed E-state index contributed by atoms with van der Waals surface area (Å²) >= 11 is 0. The molecule has 4 heteroatoms. The van der Waals surface area contributed by atoms with Crippen LogP contribution < -0.4 is 5.32 Å². The van der Waals surface area contributed by atoms with E-state index in [4.69, 9.17) is 4.74 Å². The summed E-state index contributed by atoms with van der Waals surface area (Å²) in [5, 5.41) is 3.37. The fourth-order valence-electron chi connectivity index (χ4n) is 2.61. The number of ether oxygens (including phenoxy) is 1. The second-order valence-corrected chi connectivity index (χ2v) is 5.29. The number of hydrogen-bond acceptors (Lipinski definition) is 3. The second-order valence-electron chi connectivity index (χ2n) is 5.29. The Morgan fingerprint density at radius 2 is 2.20 bits per heavy atom. The number of benzene rings is 1. The molecule has 1 aromatic rings. The highest BCUT2D eigenvalue weighted by Crippen LogP contribution is 2.25. The van der Waals surface area contributed by atoms with Gasteiger partial charge in [-0.2, -0.15) is 0 Å². The Hall–Kier alpha value is -1.39. The molecule has 0 saturated carbocycles. The maximum absolute atomic E-state index is 12.3. The number of nitrogens with one attached hydrogen (secondary N) is 1. The van der Waals surface area contributed by atoms with E-state index >= 15 is 0 Å². The van der Waals surface area contributed by atoms with Crippen molar-refractivity contribution < 1.29 is 9.53 Å². The van der Waals surface area contributed by atoms with Gasteiger partial charge in [-0.3, -0.25) is 10.1 Å². The van der Waals surface area contributed by atoms with Crippen molar-refractivity contribution in [1.82, 2.24) is 10.2 Å². The molecule has 1 fully saturated rings. The number of amides is 1. The van der Waals surface area contributed by atoms with Crippen LogP contribution in [0.2, 0.25) is 0 Å². The minimum atomic E-state index is -0.118. The Balaban J connectivity index is 2.07. The fraction of sp³-hybridized carbons (Fsp3) is 0.562. The molecule has 2 rings (SSSR count). The average molecular weight is 276 g/mol. The third-order valence-corrected chi connectivity index (χ3v) is 3.62. The van der Waals surface area contributed by atoms with Gasteiger partial charge in [-0.15, -0.1) is 0 Å². The first-order chi connectivity index (χ1) is 9.63. The maximum Gasteiger partial charge on any atom is 0.241 e. The molecular weight excluding hydrogens is 252 g/mol. The van der Waals surface area contributed by atoms with Crippen LogP contribution in [0.15, 0.2) is 24.3 Å². The van der Waals surface area contributed by atoms with E-state index in [1.54, 1.807) is 0 Å². The third kappa shape index (κ3) is 3.38. The molecule has 1 aromatic carbocycles. The largest absolute Gasteiger partial charge is 0.382 e. The van der Waals surface area contributed by atoms with Crippen molar-refractivity contribution in [2.45, 2.75) is 39.4 Å². The summed E-state index contributed by atoms with van der Waals surface area (Å²) in [6.45, 7) is 8.14. The molecule has 1 aliphatic heterocycles. The van der Waals surface area contributed by atoms with Gasteiger partial charge < -0.3 is 9.64 Å². The van der Waals surface area contributed by atoms with Crippen molar-refractivity contribution in [1.29, 1.82) is 0 Å². The Morgan fingerprint density at radius 1 is 1.40 bits per heavy atom. The minimum Gasteiger partial charge on any atom is -0.382 e. The summed E-state index contributed by atoms with van der Waals surface area (Å²) in [7, 11) is 0. The summed E-state index contributed by atoms with van der Waals surface area (Å²) in [4.78, 5) is 14.2. The van der Waals surface area contributed by atoms with Crippen LogP contribution in [0.1, 0.15) is 37.6 Å².